The molecule has 6 nitrogen and oxygen atoms in total. The van der Waals surface area contributed by atoms with Gasteiger partial charge in [0.05, 0.1) is 5.69 Å². The van der Waals surface area contributed by atoms with Crippen molar-refractivity contribution in [2.45, 2.75) is 32.9 Å². The van der Waals surface area contributed by atoms with E-state index >= 15 is 0 Å². The maximum Gasteiger partial charge on any atom is 0.260 e. The van der Waals surface area contributed by atoms with Gasteiger partial charge in [-0.15, -0.1) is 11.3 Å². The summed E-state index contributed by atoms with van der Waals surface area (Å²) in [5, 5.41) is 5.87. The standard InChI is InChI=1S/C19H26N4O2S/c1-14-6-8-23(9-7-14)18(24)12-25-17-5-3-2-4-15(17)10-21-11-16-13-26-19(20)22-16/h2-5,13-14,21H,6-12H2,1H3,(H2,20,22). The molecule has 1 saturated heterocycles. The number of piperidine rings is 1. The summed E-state index contributed by atoms with van der Waals surface area (Å²) in [6, 6.07) is 7.81. The van der Waals surface area contributed by atoms with Crippen molar-refractivity contribution in [1.29, 1.82) is 0 Å². The number of nitrogens with two attached hydrogens (primary N) is 1. The Morgan fingerprint density at radius 3 is 2.85 bits per heavy atom. The number of rotatable bonds is 7. The van der Waals surface area contributed by atoms with Crippen LogP contribution < -0.4 is 15.8 Å². The summed E-state index contributed by atoms with van der Waals surface area (Å²) in [6.45, 7) is 5.29. The number of nitrogens with one attached hydrogen (secondary N) is 1. The lowest BCUT2D eigenvalue weighted by Crippen LogP contribution is -2.40. The molecule has 0 aliphatic carbocycles. The minimum atomic E-state index is 0.0672. The van der Waals surface area contributed by atoms with Crippen molar-refractivity contribution in [3.63, 3.8) is 0 Å². The molecule has 1 aliphatic rings. The SMILES string of the molecule is CC1CCN(C(=O)COc2ccccc2CNCc2csc(N)n2)CC1. The van der Waals surface area contributed by atoms with Gasteiger partial charge in [0.25, 0.3) is 5.91 Å². The summed E-state index contributed by atoms with van der Waals surface area (Å²) in [6.07, 6.45) is 2.15. The molecule has 7 heteroatoms. The molecule has 0 spiro atoms. The predicted molar refractivity (Wildman–Crippen MR) is 104 cm³/mol. The number of amides is 1. The first-order valence-corrected chi connectivity index (χ1v) is 9.89. The zero-order valence-electron chi connectivity index (χ0n) is 15.1. The van der Waals surface area contributed by atoms with E-state index < -0.39 is 0 Å². The molecule has 1 aromatic heterocycles. The Kier molecular flexibility index (Phi) is 6.46. The third-order valence-electron chi connectivity index (χ3n) is 4.65. The van der Waals surface area contributed by atoms with Gasteiger partial charge in [0.2, 0.25) is 0 Å². The van der Waals surface area contributed by atoms with Crippen LogP contribution in [0.5, 0.6) is 5.75 Å². The monoisotopic (exact) mass is 374 g/mol. The molecule has 140 valence electrons. The lowest BCUT2D eigenvalue weighted by Gasteiger charge is -2.30. The second-order valence-electron chi connectivity index (χ2n) is 6.74. The summed E-state index contributed by atoms with van der Waals surface area (Å²) in [4.78, 5) is 18.5. The van der Waals surface area contributed by atoms with Gasteiger partial charge in [-0.25, -0.2) is 4.98 Å². The van der Waals surface area contributed by atoms with Crippen molar-refractivity contribution in [2.24, 2.45) is 5.92 Å². The molecule has 0 saturated carbocycles. The van der Waals surface area contributed by atoms with E-state index in [0.717, 1.165) is 42.9 Å². The number of thiazole rings is 1. The molecule has 26 heavy (non-hydrogen) atoms. The number of anilines is 1. The van der Waals surface area contributed by atoms with Crippen molar-refractivity contribution < 1.29 is 9.53 Å². The van der Waals surface area contributed by atoms with Gasteiger partial charge in [0.15, 0.2) is 11.7 Å². The van der Waals surface area contributed by atoms with Gasteiger partial charge in [-0.05, 0) is 24.8 Å². The maximum absolute atomic E-state index is 12.4. The molecular weight excluding hydrogens is 348 g/mol. The number of ether oxygens (including phenoxy) is 1. The molecule has 3 rings (SSSR count). The number of aromatic nitrogens is 1. The van der Waals surface area contributed by atoms with Crippen LogP contribution in [0.3, 0.4) is 0 Å². The third-order valence-corrected chi connectivity index (χ3v) is 5.37. The molecule has 1 fully saturated rings. The van der Waals surface area contributed by atoms with Gasteiger partial charge in [-0.2, -0.15) is 0 Å². The van der Waals surface area contributed by atoms with E-state index in [-0.39, 0.29) is 12.5 Å². The summed E-state index contributed by atoms with van der Waals surface area (Å²) < 4.78 is 5.82. The molecule has 1 aliphatic heterocycles. The van der Waals surface area contributed by atoms with Gasteiger partial charge in [-0.1, -0.05) is 25.1 Å². The Morgan fingerprint density at radius 2 is 2.12 bits per heavy atom. The van der Waals surface area contributed by atoms with E-state index in [2.05, 4.69) is 17.2 Å². The molecule has 0 unspecified atom stereocenters. The van der Waals surface area contributed by atoms with Crippen molar-refractivity contribution in [2.75, 3.05) is 25.4 Å². The van der Waals surface area contributed by atoms with E-state index in [9.17, 15) is 4.79 Å². The van der Waals surface area contributed by atoms with Crippen LogP contribution in [0, 0.1) is 5.92 Å². The number of hydrogen-bond donors (Lipinski definition) is 2. The number of para-hydroxylation sites is 1. The van der Waals surface area contributed by atoms with Gasteiger partial charge < -0.3 is 20.7 Å². The van der Waals surface area contributed by atoms with E-state index in [1.54, 1.807) is 0 Å². The summed E-state index contributed by atoms with van der Waals surface area (Å²) >= 11 is 1.44. The van der Waals surface area contributed by atoms with E-state index in [0.29, 0.717) is 24.1 Å². The fourth-order valence-electron chi connectivity index (χ4n) is 3.01. The first-order chi connectivity index (χ1) is 12.6. The van der Waals surface area contributed by atoms with E-state index in [4.69, 9.17) is 10.5 Å². The second kappa shape index (κ2) is 9.00. The minimum Gasteiger partial charge on any atom is -0.483 e. The quantitative estimate of drug-likeness (QED) is 0.779. The summed E-state index contributed by atoms with van der Waals surface area (Å²) in [5.74, 6) is 1.52. The highest BCUT2D eigenvalue weighted by Gasteiger charge is 2.20. The number of carbonyl (C=O) groups excluding carboxylic acids is 1. The van der Waals surface area contributed by atoms with Gasteiger partial charge in [0.1, 0.15) is 5.75 Å². The summed E-state index contributed by atoms with van der Waals surface area (Å²) in [7, 11) is 0. The predicted octanol–water partition coefficient (Wildman–Crippen LogP) is 2.65. The number of hydrogen-bond acceptors (Lipinski definition) is 6. The van der Waals surface area contributed by atoms with Crippen LogP contribution in [0.15, 0.2) is 29.6 Å². The van der Waals surface area contributed by atoms with Crippen molar-refractivity contribution in [3.8, 4) is 5.75 Å². The second-order valence-corrected chi connectivity index (χ2v) is 7.63. The number of nitrogen functional groups attached to an aromatic ring is 1. The number of benzene rings is 1. The molecule has 0 atom stereocenters. The van der Waals surface area contributed by atoms with E-state index in [1.165, 1.54) is 11.3 Å². The van der Waals surface area contributed by atoms with Crippen LogP contribution in [0.1, 0.15) is 31.0 Å². The first-order valence-electron chi connectivity index (χ1n) is 9.01. The largest absolute Gasteiger partial charge is 0.483 e. The highest BCUT2D eigenvalue weighted by atomic mass is 32.1. The minimum absolute atomic E-state index is 0.0672. The smallest absolute Gasteiger partial charge is 0.260 e. The Hall–Kier alpha value is -2.12. The average molecular weight is 375 g/mol. The molecule has 1 amide bonds. The van der Waals surface area contributed by atoms with Crippen LogP contribution in [0.25, 0.3) is 0 Å². The highest BCUT2D eigenvalue weighted by molar-refractivity contribution is 7.13. The first kappa shape index (κ1) is 18.7. The Labute approximate surface area is 158 Å². The van der Waals surface area contributed by atoms with Crippen molar-refractivity contribution in [3.05, 3.63) is 40.9 Å². The zero-order chi connectivity index (χ0) is 18.4. The van der Waals surface area contributed by atoms with Crippen LogP contribution in [0.2, 0.25) is 0 Å². The Bertz CT molecular complexity index is 726. The van der Waals surface area contributed by atoms with Crippen LogP contribution in [-0.4, -0.2) is 35.5 Å². The highest BCUT2D eigenvalue weighted by Crippen LogP contribution is 2.20. The number of carbonyl (C=O) groups is 1. The van der Waals surface area contributed by atoms with Gasteiger partial charge >= 0.3 is 0 Å². The van der Waals surface area contributed by atoms with Crippen LogP contribution in [0.4, 0.5) is 5.13 Å². The fourth-order valence-corrected chi connectivity index (χ4v) is 3.57. The van der Waals surface area contributed by atoms with Crippen molar-refractivity contribution >= 4 is 22.4 Å². The molecule has 2 aromatic rings. The third kappa shape index (κ3) is 5.19. The van der Waals surface area contributed by atoms with Gasteiger partial charge in [0, 0.05) is 37.1 Å². The normalized spacial score (nSPS) is 15.2. The topological polar surface area (TPSA) is 80.5 Å². The van der Waals surface area contributed by atoms with Crippen LogP contribution in [-0.2, 0) is 17.9 Å². The molecule has 0 radical (unpaired) electrons. The Balaban J connectivity index is 1.49. The van der Waals surface area contributed by atoms with E-state index in [1.807, 2.05) is 34.5 Å². The average Bonchev–Trinajstić information content (AvgIpc) is 3.06. The molecule has 1 aromatic carbocycles. The zero-order valence-corrected chi connectivity index (χ0v) is 15.9. The fraction of sp³-hybridized carbons (Fsp3) is 0.474. The number of nitrogens with zero attached hydrogens (tertiary/aromatic N) is 2. The summed E-state index contributed by atoms with van der Waals surface area (Å²) in [5.41, 5.74) is 7.60. The lowest BCUT2D eigenvalue weighted by atomic mass is 9.99. The maximum atomic E-state index is 12.4. The van der Waals surface area contributed by atoms with Crippen LogP contribution >= 0.6 is 11.3 Å². The van der Waals surface area contributed by atoms with Crippen molar-refractivity contribution in [1.82, 2.24) is 15.2 Å². The lowest BCUT2D eigenvalue weighted by molar-refractivity contribution is -0.134. The molecule has 2 heterocycles. The molecule has 3 N–H and O–H groups in total. The number of likely N-dealkylation sites (tertiary alicyclic amines) is 1. The van der Waals surface area contributed by atoms with Gasteiger partial charge in [-0.3, -0.25) is 4.79 Å². The molecule has 0 bridgehead atoms. The Morgan fingerprint density at radius 1 is 1.35 bits per heavy atom. The molecular formula is C19H26N4O2S.